The molecule has 16 heteroatoms. The normalized spacial score (nSPS) is 13.2. The lowest BCUT2D eigenvalue weighted by molar-refractivity contribution is -0.141. The van der Waals surface area contributed by atoms with Crippen LogP contribution in [0.15, 0.2) is 33.9 Å². The smallest absolute Gasteiger partial charge is 0.433 e. The predicted molar refractivity (Wildman–Crippen MR) is 122 cm³/mol. The van der Waals surface area contributed by atoms with E-state index in [-0.39, 0.29) is 47.6 Å². The van der Waals surface area contributed by atoms with Crippen molar-refractivity contribution in [3.8, 4) is 12.1 Å². The number of alkyl halides is 6. The second kappa shape index (κ2) is 12.0. The number of halogens is 6. The SMILES string of the molecule is CCOc1cc(NC(=NCc2cc(C)c(C(C=NC)=C(N)C(F)(F)F)nn2)NC#N)cc(C(F)(F)F)n1. The Bertz CT molecular complexity index is 1250. The molecule has 0 spiro atoms. The maximum absolute atomic E-state index is 13.2. The summed E-state index contributed by atoms with van der Waals surface area (Å²) in [6.07, 6.45) is -7.07. The van der Waals surface area contributed by atoms with Gasteiger partial charge in [-0.1, -0.05) is 0 Å². The van der Waals surface area contributed by atoms with E-state index in [4.69, 9.17) is 15.7 Å². The number of rotatable bonds is 7. The van der Waals surface area contributed by atoms with Crippen LogP contribution in [0.2, 0.25) is 0 Å². The molecular formula is C21H21F6N9O. The molecule has 0 atom stereocenters. The number of nitriles is 1. The molecule has 0 aliphatic heterocycles. The number of allylic oxidation sites excluding steroid dienone is 2. The van der Waals surface area contributed by atoms with E-state index >= 15 is 0 Å². The Hall–Kier alpha value is -4.42. The number of aliphatic imine (C=N–C) groups is 2. The van der Waals surface area contributed by atoms with E-state index in [9.17, 15) is 26.3 Å². The summed E-state index contributed by atoms with van der Waals surface area (Å²) >= 11 is 0. The van der Waals surface area contributed by atoms with Crippen LogP contribution in [0.5, 0.6) is 5.88 Å². The number of hydrogen-bond acceptors (Lipinski definition) is 8. The van der Waals surface area contributed by atoms with Gasteiger partial charge in [-0.15, -0.1) is 5.10 Å². The van der Waals surface area contributed by atoms with Crippen molar-refractivity contribution in [2.45, 2.75) is 32.7 Å². The highest BCUT2D eigenvalue weighted by molar-refractivity contribution is 6.10. The summed E-state index contributed by atoms with van der Waals surface area (Å²) in [5, 5.41) is 21.4. The molecule has 2 aromatic heterocycles. The lowest BCUT2D eigenvalue weighted by atomic mass is 10.1. The van der Waals surface area contributed by atoms with Gasteiger partial charge in [-0.05, 0) is 31.5 Å². The average Bonchev–Trinajstić information content (AvgIpc) is 2.80. The van der Waals surface area contributed by atoms with Gasteiger partial charge in [0, 0.05) is 30.6 Å². The van der Waals surface area contributed by atoms with Gasteiger partial charge in [0.15, 0.2) is 11.9 Å². The van der Waals surface area contributed by atoms with Crippen molar-refractivity contribution in [1.82, 2.24) is 20.5 Å². The number of pyridine rings is 1. The Morgan fingerprint density at radius 2 is 1.89 bits per heavy atom. The third-order valence-corrected chi connectivity index (χ3v) is 4.36. The first kappa shape index (κ1) is 28.8. The molecule has 4 N–H and O–H groups in total. The van der Waals surface area contributed by atoms with E-state index in [1.54, 1.807) is 13.1 Å². The number of guanidine groups is 1. The maximum atomic E-state index is 13.2. The molecule has 0 aliphatic carbocycles. The summed E-state index contributed by atoms with van der Waals surface area (Å²) < 4.78 is 84.0. The van der Waals surface area contributed by atoms with Crippen LogP contribution >= 0.6 is 0 Å². The Labute approximate surface area is 207 Å². The second-order valence-electron chi connectivity index (χ2n) is 7.12. The Kier molecular flexibility index (Phi) is 9.36. The molecule has 2 rings (SSSR count). The molecule has 2 heterocycles. The van der Waals surface area contributed by atoms with Gasteiger partial charge >= 0.3 is 12.4 Å². The largest absolute Gasteiger partial charge is 0.478 e. The van der Waals surface area contributed by atoms with E-state index in [1.807, 2.05) is 0 Å². The molecule has 10 nitrogen and oxygen atoms in total. The van der Waals surface area contributed by atoms with Crippen molar-refractivity contribution in [1.29, 1.82) is 5.26 Å². The minimum atomic E-state index is -4.82. The van der Waals surface area contributed by atoms with Crippen molar-refractivity contribution in [3.63, 3.8) is 0 Å². The van der Waals surface area contributed by atoms with Crippen LogP contribution in [-0.2, 0) is 12.7 Å². The molecular weight excluding hydrogens is 508 g/mol. The number of aryl methyl sites for hydroxylation is 1. The van der Waals surface area contributed by atoms with E-state index in [2.05, 4.69) is 35.8 Å². The topological polar surface area (TPSA) is 146 Å². The summed E-state index contributed by atoms with van der Waals surface area (Å²) in [6, 6.07) is 3.27. The van der Waals surface area contributed by atoms with Gasteiger partial charge in [-0.3, -0.25) is 10.3 Å². The third kappa shape index (κ3) is 8.05. The zero-order chi connectivity index (χ0) is 27.8. The number of aromatic nitrogens is 3. The first-order valence-electron chi connectivity index (χ1n) is 10.3. The first-order valence-corrected chi connectivity index (χ1v) is 10.3. The van der Waals surface area contributed by atoms with E-state index in [1.165, 1.54) is 26.1 Å². The number of nitrogens with two attached hydrogens (primary N) is 1. The van der Waals surface area contributed by atoms with Crippen LogP contribution in [0.4, 0.5) is 32.0 Å². The fourth-order valence-electron chi connectivity index (χ4n) is 2.83. The van der Waals surface area contributed by atoms with Crippen LogP contribution in [0.1, 0.15) is 29.6 Å². The molecule has 0 bridgehead atoms. The van der Waals surface area contributed by atoms with Crippen molar-refractivity contribution in [2.75, 3.05) is 19.0 Å². The quantitative estimate of drug-likeness (QED) is 0.162. The average molecular weight is 529 g/mol. The second-order valence-corrected chi connectivity index (χ2v) is 7.12. The van der Waals surface area contributed by atoms with Gasteiger partial charge in [0.25, 0.3) is 0 Å². The van der Waals surface area contributed by atoms with Gasteiger partial charge in [0.2, 0.25) is 11.8 Å². The molecule has 0 saturated heterocycles. The monoisotopic (exact) mass is 529 g/mol. The predicted octanol–water partition coefficient (Wildman–Crippen LogP) is 3.57. The van der Waals surface area contributed by atoms with E-state index in [0.717, 1.165) is 6.21 Å². The zero-order valence-corrected chi connectivity index (χ0v) is 19.7. The van der Waals surface area contributed by atoms with Crippen LogP contribution in [0.25, 0.3) is 5.57 Å². The lowest BCUT2D eigenvalue weighted by Crippen LogP contribution is -2.27. The fourth-order valence-corrected chi connectivity index (χ4v) is 2.83. The van der Waals surface area contributed by atoms with Crippen molar-refractivity contribution >= 4 is 23.4 Å². The summed E-state index contributed by atoms with van der Waals surface area (Å²) in [4.78, 5) is 11.0. The molecule has 0 aliphatic rings. The number of anilines is 1. The molecule has 0 fully saturated rings. The number of nitrogens with one attached hydrogen (secondary N) is 2. The van der Waals surface area contributed by atoms with Crippen molar-refractivity contribution in [3.05, 3.63) is 46.5 Å². The Balaban J connectivity index is 2.37. The summed E-state index contributed by atoms with van der Waals surface area (Å²) in [5.74, 6) is -0.543. The van der Waals surface area contributed by atoms with Crippen LogP contribution in [0.3, 0.4) is 0 Å². The van der Waals surface area contributed by atoms with Crippen LogP contribution < -0.4 is 21.1 Å². The maximum Gasteiger partial charge on any atom is 0.433 e. The molecule has 198 valence electrons. The fraction of sp³-hybridized carbons (Fsp3) is 0.333. The van der Waals surface area contributed by atoms with Crippen LogP contribution in [0, 0.1) is 18.4 Å². The number of nitrogens with zero attached hydrogens (tertiary/aromatic N) is 6. The summed E-state index contributed by atoms with van der Waals surface area (Å²) in [5.41, 5.74) is 2.32. The molecule has 0 unspecified atom stereocenters. The number of hydrogen-bond donors (Lipinski definition) is 3. The minimum Gasteiger partial charge on any atom is -0.478 e. The van der Waals surface area contributed by atoms with Crippen molar-refractivity contribution < 1.29 is 31.1 Å². The molecule has 0 saturated carbocycles. The molecule has 0 radical (unpaired) electrons. The summed E-state index contributed by atoms with van der Waals surface area (Å²) in [6.45, 7) is 2.87. The van der Waals surface area contributed by atoms with E-state index < -0.39 is 29.3 Å². The van der Waals surface area contributed by atoms with Gasteiger partial charge in [0.05, 0.1) is 24.5 Å². The standard InChI is InChI=1S/C21H21F6N9O/c1-4-37-16-7-12(6-15(34-16)20(22,23)24)33-19(32-10-28)31-8-13-5-11(2)17(36-35-13)14(9-30-3)18(29)21(25,26)27/h5-7,9H,4,8,29H2,1-3H3,(H2,31,32,33,34). The zero-order valence-electron chi connectivity index (χ0n) is 19.7. The Morgan fingerprint density at radius 3 is 2.43 bits per heavy atom. The highest BCUT2D eigenvalue weighted by Crippen LogP contribution is 2.32. The molecule has 37 heavy (non-hydrogen) atoms. The molecule has 0 aromatic carbocycles. The van der Waals surface area contributed by atoms with Gasteiger partial charge in [-0.2, -0.15) is 36.7 Å². The highest BCUT2D eigenvalue weighted by Gasteiger charge is 2.35. The molecule has 2 aromatic rings. The third-order valence-electron chi connectivity index (χ3n) is 4.36. The first-order chi connectivity index (χ1) is 17.3. The molecule has 0 amide bonds. The van der Waals surface area contributed by atoms with Gasteiger partial charge < -0.3 is 15.8 Å². The van der Waals surface area contributed by atoms with Crippen molar-refractivity contribution in [2.24, 2.45) is 15.7 Å². The van der Waals surface area contributed by atoms with Gasteiger partial charge in [-0.25, -0.2) is 9.98 Å². The minimum absolute atomic E-state index is 0.0643. The van der Waals surface area contributed by atoms with E-state index in [0.29, 0.717) is 6.07 Å². The number of ether oxygens (including phenoxy) is 1. The Morgan fingerprint density at radius 1 is 1.19 bits per heavy atom. The highest BCUT2D eigenvalue weighted by atomic mass is 19.4. The van der Waals surface area contributed by atoms with Crippen LogP contribution in [-0.4, -0.2) is 47.2 Å². The summed E-state index contributed by atoms with van der Waals surface area (Å²) in [7, 11) is 1.27. The lowest BCUT2D eigenvalue weighted by Gasteiger charge is -2.14. The van der Waals surface area contributed by atoms with Gasteiger partial charge in [0.1, 0.15) is 5.70 Å².